The van der Waals surface area contributed by atoms with Gasteiger partial charge in [-0.25, -0.2) is 0 Å². The van der Waals surface area contributed by atoms with Crippen LogP contribution in [0.2, 0.25) is 0 Å². The molecule has 0 saturated heterocycles. The number of aliphatic hydroxyl groups is 1. The molecule has 13 heavy (non-hydrogen) atoms. The van der Waals surface area contributed by atoms with E-state index in [4.69, 9.17) is 9.84 Å². The Balaban J connectivity index is 2.10. The molecule has 0 bridgehead atoms. The standard InChI is InChI=1S/C11H14O2/c12-8-7-9-3-1-2-4-11(9)13-10-5-6-10/h1-4,10,12H,5-8H2. The molecule has 1 aromatic rings. The maximum atomic E-state index is 8.84. The summed E-state index contributed by atoms with van der Waals surface area (Å²) in [5, 5.41) is 8.84. The zero-order valence-electron chi connectivity index (χ0n) is 7.57. The van der Waals surface area contributed by atoms with E-state index in [9.17, 15) is 0 Å². The zero-order valence-corrected chi connectivity index (χ0v) is 7.57. The van der Waals surface area contributed by atoms with Crippen LogP contribution in [0, 0.1) is 0 Å². The fourth-order valence-electron chi connectivity index (χ4n) is 1.31. The van der Waals surface area contributed by atoms with Crippen molar-refractivity contribution in [1.29, 1.82) is 0 Å². The van der Waals surface area contributed by atoms with E-state index < -0.39 is 0 Å². The van der Waals surface area contributed by atoms with Crippen molar-refractivity contribution in [3.05, 3.63) is 29.8 Å². The second-order valence-corrected chi connectivity index (χ2v) is 3.40. The van der Waals surface area contributed by atoms with Crippen LogP contribution in [0.15, 0.2) is 24.3 Å². The predicted octanol–water partition coefficient (Wildman–Crippen LogP) is 1.76. The fourth-order valence-corrected chi connectivity index (χ4v) is 1.31. The molecular weight excluding hydrogens is 164 g/mol. The van der Waals surface area contributed by atoms with E-state index in [2.05, 4.69) is 0 Å². The van der Waals surface area contributed by atoms with Gasteiger partial charge in [-0.05, 0) is 30.9 Å². The lowest BCUT2D eigenvalue weighted by Gasteiger charge is -2.09. The third kappa shape index (κ3) is 2.22. The van der Waals surface area contributed by atoms with E-state index in [1.165, 1.54) is 12.8 Å². The van der Waals surface area contributed by atoms with Crippen LogP contribution < -0.4 is 4.74 Å². The highest BCUT2D eigenvalue weighted by Gasteiger charge is 2.24. The second kappa shape index (κ2) is 3.79. The fraction of sp³-hybridized carbons (Fsp3) is 0.455. The van der Waals surface area contributed by atoms with E-state index in [1.807, 2.05) is 24.3 Å². The van der Waals surface area contributed by atoms with E-state index in [1.54, 1.807) is 0 Å². The highest BCUT2D eigenvalue weighted by atomic mass is 16.5. The van der Waals surface area contributed by atoms with E-state index in [0.717, 1.165) is 11.3 Å². The molecule has 1 aliphatic rings. The molecule has 0 spiro atoms. The van der Waals surface area contributed by atoms with Crippen LogP contribution in [0.4, 0.5) is 0 Å². The minimum absolute atomic E-state index is 0.186. The average molecular weight is 178 g/mol. The summed E-state index contributed by atoms with van der Waals surface area (Å²) in [6.45, 7) is 0.186. The number of benzene rings is 1. The van der Waals surface area contributed by atoms with Crippen LogP contribution >= 0.6 is 0 Å². The Morgan fingerprint density at radius 1 is 1.31 bits per heavy atom. The first-order valence-corrected chi connectivity index (χ1v) is 4.75. The van der Waals surface area contributed by atoms with Crippen molar-refractivity contribution >= 4 is 0 Å². The van der Waals surface area contributed by atoms with Gasteiger partial charge in [-0.3, -0.25) is 0 Å². The maximum absolute atomic E-state index is 8.84. The summed E-state index contributed by atoms with van der Waals surface area (Å²) in [4.78, 5) is 0. The van der Waals surface area contributed by atoms with Gasteiger partial charge in [0.15, 0.2) is 0 Å². The second-order valence-electron chi connectivity index (χ2n) is 3.40. The smallest absolute Gasteiger partial charge is 0.122 e. The number of rotatable bonds is 4. The topological polar surface area (TPSA) is 29.5 Å². The number of aliphatic hydroxyl groups excluding tert-OH is 1. The van der Waals surface area contributed by atoms with Crippen molar-refractivity contribution in [2.45, 2.75) is 25.4 Å². The summed E-state index contributed by atoms with van der Waals surface area (Å²) >= 11 is 0. The Hall–Kier alpha value is -1.02. The van der Waals surface area contributed by atoms with Crippen LogP contribution in [-0.2, 0) is 6.42 Å². The minimum atomic E-state index is 0.186. The first-order chi connectivity index (χ1) is 6.40. The molecule has 1 fully saturated rings. The quantitative estimate of drug-likeness (QED) is 0.761. The summed E-state index contributed by atoms with van der Waals surface area (Å²) in [5.41, 5.74) is 1.11. The maximum Gasteiger partial charge on any atom is 0.122 e. The Labute approximate surface area is 78.2 Å². The first-order valence-electron chi connectivity index (χ1n) is 4.75. The van der Waals surface area contributed by atoms with Gasteiger partial charge in [0.05, 0.1) is 6.10 Å². The third-order valence-electron chi connectivity index (χ3n) is 2.17. The van der Waals surface area contributed by atoms with Gasteiger partial charge in [-0.15, -0.1) is 0 Å². The first kappa shape index (κ1) is 8.57. The molecule has 1 saturated carbocycles. The van der Waals surface area contributed by atoms with Gasteiger partial charge in [0.25, 0.3) is 0 Å². The molecule has 0 radical (unpaired) electrons. The Morgan fingerprint density at radius 2 is 2.08 bits per heavy atom. The van der Waals surface area contributed by atoms with E-state index in [0.29, 0.717) is 12.5 Å². The molecule has 1 N–H and O–H groups in total. The molecule has 2 heteroatoms. The lowest BCUT2D eigenvalue weighted by atomic mass is 10.1. The zero-order chi connectivity index (χ0) is 9.10. The Bertz CT molecular complexity index is 279. The number of hydrogen-bond donors (Lipinski definition) is 1. The molecule has 2 nitrogen and oxygen atoms in total. The van der Waals surface area contributed by atoms with Crippen molar-refractivity contribution in [3.8, 4) is 5.75 Å². The van der Waals surface area contributed by atoms with E-state index >= 15 is 0 Å². The summed E-state index contributed by atoms with van der Waals surface area (Å²) in [5.74, 6) is 0.944. The van der Waals surface area contributed by atoms with Crippen molar-refractivity contribution in [2.75, 3.05) is 6.61 Å². The molecule has 0 aromatic heterocycles. The normalized spacial score (nSPS) is 15.8. The molecule has 2 rings (SSSR count). The lowest BCUT2D eigenvalue weighted by molar-refractivity contribution is 0.282. The lowest BCUT2D eigenvalue weighted by Crippen LogP contribution is -2.00. The highest BCUT2D eigenvalue weighted by Crippen LogP contribution is 2.29. The SMILES string of the molecule is OCCc1ccccc1OC1CC1. The van der Waals surface area contributed by atoms with Crippen LogP contribution in [0.3, 0.4) is 0 Å². The summed E-state index contributed by atoms with van der Waals surface area (Å²) in [7, 11) is 0. The molecule has 70 valence electrons. The molecule has 0 atom stereocenters. The van der Waals surface area contributed by atoms with Crippen molar-refractivity contribution in [3.63, 3.8) is 0 Å². The summed E-state index contributed by atoms with van der Waals surface area (Å²) < 4.78 is 5.70. The highest BCUT2D eigenvalue weighted by molar-refractivity contribution is 5.33. The molecule has 0 heterocycles. The molecule has 0 unspecified atom stereocenters. The van der Waals surface area contributed by atoms with Gasteiger partial charge in [0.2, 0.25) is 0 Å². The van der Waals surface area contributed by atoms with Crippen LogP contribution in [0.5, 0.6) is 5.75 Å². The van der Waals surface area contributed by atoms with Gasteiger partial charge >= 0.3 is 0 Å². The monoisotopic (exact) mass is 178 g/mol. The molecule has 0 aliphatic heterocycles. The van der Waals surface area contributed by atoms with Crippen molar-refractivity contribution in [2.24, 2.45) is 0 Å². The van der Waals surface area contributed by atoms with E-state index in [-0.39, 0.29) is 6.61 Å². The number of ether oxygens (including phenoxy) is 1. The largest absolute Gasteiger partial charge is 0.490 e. The van der Waals surface area contributed by atoms with Gasteiger partial charge in [0, 0.05) is 6.61 Å². The van der Waals surface area contributed by atoms with Gasteiger partial charge in [-0.1, -0.05) is 18.2 Å². The number of para-hydroxylation sites is 1. The van der Waals surface area contributed by atoms with Crippen molar-refractivity contribution in [1.82, 2.24) is 0 Å². The Kier molecular flexibility index (Phi) is 2.50. The predicted molar refractivity (Wildman–Crippen MR) is 50.9 cm³/mol. The summed E-state index contributed by atoms with van der Waals surface area (Å²) in [6, 6.07) is 7.93. The van der Waals surface area contributed by atoms with Gasteiger partial charge in [-0.2, -0.15) is 0 Å². The third-order valence-corrected chi connectivity index (χ3v) is 2.17. The van der Waals surface area contributed by atoms with Crippen LogP contribution in [0.25, 0.3) is 0 Å². The molecule has 1 aromatic carbocycles. The molecule has 1 aliphatic carbocycles. The molecular formula is C11H14O2. The van der Waals surface area contributed by atoms with Crippen LogP contribution in [-0.4, -0.2) is 17.8 Å². The number of hydrogen-bond acceptors (Lipinski definition) is 2. The van der Waals surface area contributed by atoms with Gasteiger partial charge in [0.1, 0.15) is 5.75 Å². The summed E-state index contributed by atoms with van der Waals surface area (Å²) in [6.07, 6.45) is 3.46. The average Bonchev–Trinajstić information content (AvgIpc) is 2.93. The van der Waals surface area contributed by atoms with Crippen LogP contribution in [0.1, 0.15) is 18.4 Å². The molecule has 0 amide bonds. The van der Waals surface area contributed by atoms with Gasteiger partial charge < -0.3 is 9.84 Å². The Morgan fingerprint density at radius 3 is 2.77 bits per heavy atom. The minimum Gasteiger partial charge on any atom is -0.490 e. The van der Waals surface area contributed by atoms with Crippen molar-refractivity contribution < 1.29 is 9.84 Å².